The second kappa shape index (κ2) is 18.4. The van der Waals surface area contributed by atoms with Crippen LogP contribution in [0.1, 0.15) is 106 Å². The highest BCUT2D eigenvalue weighted by Crippen LogP contribution is 2.57. The van der Waals surface area contributed by atoms with Crippen molar-refractivity contribution in [2.45, 2.75) is 135 Å². The van der Waals surface area contributed by atoms with E-state index in [-0.39, 0.29) is 67.7 Å². The number of benzene rings is 2. The highest BCUT2D eigenvalue weighted by atomic mass is 32.2. The Labute approximate surface area is 375 Å². The first-order chi connectivity index (χ1) is 30.2. The number of amides is 2. The molecule has 2 aromatic carbocycles. The summed E-state index contributed by atoms with van der Waals surface area (Å²) in [6, 6.07) is 10.9. The van der Waals surface area contributed by atoms with Gasteiger partial charge in [-0.15, -0.1) is 0 Å². The molecule has 0 unspecified atom stereocenters. The average Bonchev–Trinajstić information content (AvgIpc) is 4.14. The monoisotopic (exact) mass is 903 g/mol. The standard InChI is InChI=1S/C49H62FN3O10S/c1-28(2)61-34-15-13-31(14-16-34)40-20-32-21-43(60-8)39(50)23-38(32)45(51-40)62-35-22-41-42(54)26-49(47(57)52-64(58,59)36-17-18-36)25-33(49)12-10-9-11-29(3)19-30(4)37(46(56)53(41)27-35)24-44(55)63-48(5,6)7/h10,12-16,20-21,23,28-30,33,35-37,41H,9,11,17-19,22,24-27H2,1-8H3,(H,52,57)/b12-10-/t29-,30-,33-,35-,37+,41+,49-/m1/s1. The molecule has 2 aliphatic carbocycles. The van der Waals surface area contributed by atoms with E-state index in [0.717, 1.165) is 12.0 Å². The summed E-state index contributed by atoms with van der Waals surface area (Å²) in [7, 11) is -2.54. The van der Waals surface area contributed by atoms with Crippen molar-refractivity contribution in [3.63, 3.8) is 0 Å². The van der Waals surface area contributed by atoms with Crippen LogP contribution >= 0.6 is 0 Å². The van der Waals surface area contributed by atoms with Gasteiger partial charge in [0.25, 0.3) is 0 Å². The molecule has 1 saturated heterocycles. The Kier molecular flexibility index (Phi) is 13.5. The summed E-state index contributed by atoms with van der Waals surface area (Å²) in [6.45, 7) is 13.1. The van der Waals surface area contributed by atoms with Gasteiger partial charge >= 0.3 is 5.97 Å². The van der Waals surface area contributed by atoms with Crippen LogP contribution < -0.4 is 18.9 Å². The topological polar surface area (TPSA) is 167 Å². The number of halogens is 1. The van der Waals surface area contributed by atoms with Crippen LogP contribution in [-0.4, -0.2) is 84.6 Å². The fourth-order valence-corrected chi connectivity index (χ4v) is 10.7. The van der Waals surface area contributed by atoms with E-state index < -0.39 is 73.7 Å². The molecule has 2 saturated carbocycles. The molecule has 4 aliphatic rings. The lowest BCUT2D eigenvalue weighted by Gasteiger charge is -2.32. The summed E-state index contributed by atoms with van der Waals surface area (Å²) in [5, 5.41) is 0.276. The zero-order valence-corrected chi connectivity index (χ0v) is 39.0. The van der Waals surface area contributed by atoms with E-state index in [4.69, 9.17) is 23.9 Å². The van der Waals surface area contributed by atoms with Crippen molar-refractivity contribution in [3.8, 4) is 28.6 Å². The Balaban J connectivity index is 1.27. The van der Waals surface area contributed by atoms with Crippen molar-refractivity contribution in [1.29, 1.82) is 0 Å². The van der Waals surface area contributed by atoms with Crippen LogP contribution in [0.2, 0.25) is 0 Å². The molecule has 346 valence electrons. The van der Waals surface area contributed by atoms with E-state index in [2.05, 4.69) is 11.6 Å². The number of hydrogen-bond acceptors (Lipinski definition) is 11. The molecule has 7 rings (SSSR count). The Morgan fingerprint density at radius 3 is 2.41 bits per heavy atom. The minimum absolute atomic E-state index is 0.000365. The lowest BCUT2D eigenvalue weighted by Crippen LogP contribution is -2.47. The van der Waals surface area contributed by atoms with Crippen LogP contribution in [-0.2, 0) is 33.9 Å². The number of fused-ring (bicyclic) bond motifs is 3. The maximum Gasteiger partial charge on any atom is 0.307 e. The third-order valence-corrected chi connectivity index (χ3v) is 14.7. The fraction of sp³-hybridized carbons (Fsp3) is 0.571. The number of esters is 1. The molecule has 0 spiro atoms. The van der Waals surface area contributed by atoms with Gasteiger partial charge in [-0.2, -0.15) is 0 Å². The Morgan fingerprint density at radius 1 is 1.03 bits per heavy atom. The van der Waals surface area contributed by atoms with Gasteiger partial charge in [0.15, 0.2) is 17.3 Å². The molecule has 1 aromatic heterocycles. The van der Waals surface area contributed by atoms with Crippen LogP contribution in [0.5, 0.6) is 17.4 Å². The van der Waals surface area contributed by atoms with Crippen LogP contribution in [0.4, 0.5) is 4.39 Å². The summed E-state index contributed by atoms with van der Waals surface area (Å²) >= 11 is 0. The third-order valence-electron chi connectivity index (χ3n) is 12.8. The average molecular weight is 904 g/mol. The van der Waals surface area contributed by atoms with Crippen molar-refractivity contribution in [3.05, 3.63) is 60.4 Å². The lowest BCUT2D eigenvalue weighted by molar-refractivity contribution is -0.160. The zero-order valence-electron chi connectivity index (χ0n) is 38.1. The molecule has 7 atom stereocenters. The van der Waals surface area contributed by atoms with Crippen LogP contribution in [0.15, 0.2) is 54.6 Å². The zero-order chi connectivity index (χ0) is 46.3. The number of nitrogens with one attached hydrogen (secondary N) is 1. The molecule has 2 aliphatic heterocycles. The first-order valence-electron chi connectivity index (χ1n) is 22.6. The summed E-state index contributed by atoms with van der Waals surface area (Å²) < 4.78 is 67.4. The lowest BCUT2D eigenvalue weighted by atomic mass is 9.82. The molecule has 2 amide bonds. The van der Waals surface area contributed by atoms with Gasteiger partial charge < -0.3 is 23.8 Å². The second-order valence-electron chi connectivity index (χ2n) is 19.7. The predicted octanol–water partition coefficient (Wildman–Crippen LogP) is 8.12. The molecule has 0 radical (unpaired) electrons. The van der Waals surface area contributed by atoms with Crippen molar-refractivity contribution in [1.82, 2.24) is 14.6 Å². The molecule has 0 bridgehead atoms. The summed E-state index contributed by atoms with van der Waals surface area (Å²) in [5.74, 6) is -3.31. The molecule has 1 N–H and O–H groups in total. The van der Waals surface area contributed by atoms with Gasteiger partial charge in [-0.25, -0.2) is 17.8 Å². The van der Waals surface area contributed by atoms with Crippen molar-refractivity contribution in [2.75, 3.05) is 13.7 Å². The predicted molar refractivity (Wildman–Crippen MR) is 240 cm³/mol. The number of rotatable bonds is 11. The Bertz CT molecular complexity index is 2410. The number of hydrogen-bond donors (Lipinski definition) is 1. The van der Waals surface area contributed by atoms with Crippen molar-refractivity contribution < 1.29 is 50.9 Å². The van der Waals surface area contributed by atoms with Crippen molar-refractivity contribution >= 4 is 44.4 Å². The third kappa shape index (κ3) is 10.7. The molecule has 3 aromatic rings. The van der Waals surface area contributed by atoms with Crippen LogP contribution in [0.3, 0.4) is 0 Å². The minimum atomic E-state index is -3.91. The van der Waals surface area contributed by atoms with Crippen molar-refractivity contribution in [2.24, 2.45) is 29.1 Å². The first-order valence-corrected chi connectivity index (χ1v) is 24.1. The number of Topliss-reactive ketones (excluding diaryl/α,β-unsaturated/α-hetero) is 1. The Hall–Kier alpha value is -5.05. The number of pyridine rings is 1. The van der Waals surface area contributed by atoms with E-state index in [1.807, 2.05) is 57.2 Å². The number of carbonyl (C=O) groups is 4. The van der Waals surface area contributed by atoms with E-state index in [9.17, 15) is 22.8 Å². The number of sulfonamides is 1. The van der Waals surface area contributed by atoms with E-state index in [1.54, 1.807) is 32.9 Å². The van der Waals surface area contributed by atoms with E-state index in [0.29, 0.717) is 47.9 Å². The van der Waals surface area contributed by atoms with Gasteiger partial charge in [-0.1, -0.05) is 26.0 Å². The number of nitrogens with zero attached hydrogens (tertiary/aromatic N) is 2. The maximum atomic E-state index is 15.4. The summed E-state index contributed by atoms with van der Waals surface area (Å²) in [6.07, 6.45) is 5.82. The molecule has 3 fully saturated rings. The van der Waals surface area contributed by atoms with E-state index in [1.165, 1.54) is 18.1 Å². The number of ketones is 1. The SMILES string of the molecule is COc1cc2cc(-c3ccc(OC(C)C)cc3)nc(O[C@@H]3C[C@H]4C(=O)C[C@]5(C(=O)NS(=O)(=O)C6CC6)C[C@H]5/C=C\CC[C@@H](C)C[C@@H](C)[C@H](CC(=O)OC(C)(C)C)C(=O)N4C3)c2cc1F. The van der Waals surface area contributed by atoms with Gasteiger partial charge in [0, 0.05) is 23.8 Å². The smallest absolute Gasteiger partial charge is 0.307 e. The quantitative estimate of drug-likeness (QED) is 0.146. The summed E-state index contributed by atoms with van der Waals surface area (Å²) in [4.78, 5) is 63.8. The van der Waals surface area contributed by atoms with Gasteiger partial charge in [-0.3, -0.25) is 23.9 Å². The number of allylic oxidation sites excluding steroid dienone is 2. The van der Waals surface area contributed by atoms with Gasteiger partial charge in [0.2, 0.25) is 27.7 Å². The van der Waals surface area contributed by atoms with Gasteiger partial charge in [0.05, 0.1) is 54.5 Å². The number of aromatic nitrogens is 1. The first kappa shape index (κ1) is 46.9. The normalized spacial score (nSPS) is 27.2. The highest BCUT2D eigenvalue weighted by Gasteiger charge is 2.61. The Morgan fingerprint density at radius 2 is 1.75 bits per heavy atom. The molecule has 3 heterocycles. The molecule has 13 nitrogen and oxygen atoms in total. The van der Waals surface area contributed by atoms with Crippen LogP contribution in [0, 0.1) is 34.9 Å². The summed E-state index contributed by atoms with van der Waals surface area (Å²) in [5.41, 5.74) is -0.885. The molecular weight excluding hydrogens is 842 g/mol. The van der Waals surface area contributed by atoms with Gasteiger partial charge in [0.1, 0.15) is 17.5 Å². The molecule has 15 heteroatoms. The van der Waals surface area contributed by atoms with Crippen LogP contribution in [0.25, 0.3) is 22.0 Å². The van der Waals surface area contributed by atoms with Gasteiger partial charge in [-0.05, 0) is 139 Å². The molecule has 64 heavy (non-hydrogen) atoms. The number of methoxy groups -OCH3 is 1. The number of ether oxygens (including phenoxy) is 4. The minimum Gasteiger partial charge on any atom is -0.494 e. The maximum absolute atomic E-state index is 15.4. The largest absolute Gasteiger partial charge is 0.494 e. The van der Waals surface area contributed by atoms with E-state index >= 15 is 9.18 Å². The second-order valence-corrected chi connectivity index (χ2v) is 21.7. The number of carbonyl (C=O) groups excluding carboxylic acids is 4. The molecular formula is C49H62FN3O10S. The fourth-order valence-electron chi connectivity index (χ4n) is 9.30. The highest BCUT2D eigenvalue weighted by molar-refractivity contribution is 7.90.